The summed E-state index contributed by atoms with van der Waals surface area (Å²) in [6, 6.07) is 13.1. The predicted molar refractivity (Wildman–Crippen MR) is 88.6 cm³/mol. The van der Waals surface area contributed by atoms with E-state index in [0.29, 0.717) is 5.92 Å². The predicted octanol–water partition coefficient (Wildman–Crippen LogP) is 4.90. The fourth-order valence-electron chi connectivity index (χ4n) is 2.30. The van der Waals surface area contributed by atoms with Gasteiger partial charge in [-0.25, -0.2) is 4.39 Å². The fraction of sp³-hybridized carbons (Fsp3) is 0.250. The summed E-state index contributed by atoms with van der Waals surface area (Å²) in [6.45, 7) is 0.867. The molecule has 2 aromatic carbocycles. The maximum absolute atomic E-state index is 13.2. The van der Waals surface area contributed by atoms with E-state index >= 15 is 0 Å². The van der Waals surface area contributed by atoms with Gasteiger partial charge in [0.15, 0.2) is 0 Å². The molecule has 0 aromatic heterocycles. The Kier molecular flexibility index (Phi) is 5.75. The summed E-state index contributed by atoms with van der Waals surface area (Å²) in [4.78, 5) is 0. The van der Waals surface area contributed by atoms with Gasteiger partial charge >= 0.3 is 0 Å². The van der Waals surface area contributed by atoms with Crippen LogP contribution in [0.4, 0.5) is 4.39 Å². The molecule has 1 atom stereocenters. The molecule has 0 aliphatic heterocycles. The van der Waals surface area contributed by atoms with E-state index in [1.807, 2.05) is 25.2 Å². The number of hydrogen-bond donors (Lipinski definition) is 1. The van der Waals surface area contributed by atoms with Gasteiger partial charge in [0.1, 0.15) is 5.82 Å². The Hall–Kier alpha value is -0.710. The number of hydrogen-bond acceptors (Lipinski definition) is 1. The van der Waals surface area contributed by atoms with Gasteiger partial charge in [-0.3, -0.25) is 0 Å². The number of nitrogens with one attached hydrogen (secondary N) is 1. The van der Waals surface area contributed by atoms with E-state index in [9.17, 15) is 4.39 Å². The van der Waals surface area contributed by atoms with E-state index in [1.54, 1.807) is 0 Å². The first kappa shape index (κ1) is 15.7. The van der Waals surface area contributed by atoms with Crippen molar-refractivity contribution in [2.75, 3.05) is 13.6 Å². The van der Waals surface area contributed by atoms with Crippen LogP contribution < -0.4 is 5.32 Å². The smallest absolute Gasteiger partial charge is 0.124 e. The zero-order chi connectivity index (χ0) is 14.5. The van der Waals surface area contributed by atoms with Crippen molar-refractivity contribution in [3.05, 3.63) is 68.4 Å². The highest BCUT2D eigenvalue weighted by Gasteiger charge is 2.16. The number of halogens is 3. The highest BCUT2D eigenvalue weighted by atomic mass is 79.9. The molecule has 0 aliphatic rings. The molecule has 1 unspecified atom stereocenters. The van der Waals surface area contributed by atoms with Gasteiger partial charge in [0.2, 0.25) is 0 Å². The van der Waals surface area contributed by atoms with Crippen molar-refractivity contribution in [1.29, 1.82) is 0 Å². The normalized spacial score (nSPS) is 12.4. The van der Waals surface area contributed by atoms with Crippen LogP contribution in [0.1, 0.15) is 17.0 Å². The Bertz CT molecular complexity index is 586. The Balaban J connectivity index is 2.28. The van der Waals surface area contributed by atoms with E-state index in [4.69, 9.17) is 0 Å². The minimum Gasteiger partial charge on any atom is -0.319 e. The molecule has 2 rings (SSSR count). The van der Waals surface area contributed by atoms with Gasteiger partial charge in [-0.2, -0.15) is 0 Å². The monoisotopic (exact) mass is 399 g/mol. The topological polar surface area (TPSA) is 12.0 Å². The Morgan fingerprint density at radius 3 is 2.50 bits per heavy atom. The largest absolute Gasteiger partial charge is 0.319 e. The highest BCUT2D eigenvalue weighted by Crippen LogP contribution is 2.30. The molecule has 0 bridgehead atoms. The van der Waals surface area contributed by atoms with Crippen LogP contribution in [0.3, 0.4) is 0 Å². The molecule has 0 saturated carbocycles. The summed E-state index contributed by atoms with van der Waals surface area (Å²) in [7, 11) is 1.95. The van der Waals surface area contributed by atoms with Crippen molar-refractivity contribution < 1.29 is 4.39 Å². The highest BCUT2D eigenvalue weighted by molar-refractivity contribution is 9.10. The van der Waals surface area contributed by atoms with Crippen LogP contribution in [0.15, 0.2) is 51.4 Å². The van der Waals surface area contributed by atoms with Crippen LogP contribution in [-0.4, -0.2) is 13.6 Å². The molecule has 1 nitrogen and oxygen atoms in total. The Morgan fingerprint density at radius 1 is 1.10 bits per heavy atom. The minimum absolute atomic E-state index is 0.216. The Labute approximate surface area is 135 Å². The summed E-state index contributed by atoms with van der Waals surface area (Å²) < 4.78 is 15.1. The van der Waals surface area contributed by atoms with Crippen LogP contribution in [0.25, 0.3) is 0 Å². The third kappa shape index (κ3) is 3.90. The molecule has 2 aromatic rings. The van der Waals surface area contributed by atoms with Gasteiger partial charge in [-0.15, -0.1) is 0 Å². The maximum Gasteiger partial charge on any atom is 0.124 e. The van der Waals surface area contributed by atoms with E-state index in [0.717, 1.165) is 27.5 Å². The summed E-state index contributed by atoms with van der Waals surface area (Å²) >= 11 is 7.06. The SMILES string of the molecule is CNCC(Cc1ccc(F)cc1Br)c1ccccc1Br. The number of rotatable bonds is 5. The van der Waals surface area contributed by atoms with Crippen molar-refractivity contribution in [1.82, 2.24) is 5.32 Å². The molecule has 4 heteroatoms. The Morgan fingerprint density at radius 2 is 1.85 bits per heavy atom. The molecule has 0 aliphatic carbocycles. The fourth-order valence-corrected chi connectivity index (χ4v) is 3.42. The van der Waals surface area contributed by atoms with E-state index in [-0.39, 0.29) is 5.82 Å². The van der Waals surface area contributed by atoms with Gasteiger partial charge in [0.25, 0.3) is 0 Å². The van der Waals surface area contributed by atoms with Gasteiger partial charge < -0.3 is 5.32 Å². The lowest BCUT2D eigenvalue weighted by Crippen LogP contribution is -2.19. The van der Waals surface area contributed by atoms with Crippen molar-refractivity contribution in [3.63, 3.8) is 0 Å². The second-order valence-electron chi connectivity index (χ2n) is 4.72. The molecule has 0 heterocycles. The average Bonchev–Trinajstić information content (AvgIpc) is 2.42. The zero-order valence-electron chi connectivity index (χ0n) is 11.2. The third-order valence-electron chi connectivity index (χ3n) is 3.28. The van der Waals surface area contributed by atoms with E-state index < -0.39 is 0 Å². The second kappa shape index (κ2) is 7.34. The van der Waals surface area contributed by atoms with Crippen molar-refractivity contribution >= 4 is 31.9 Å². The molecule has 106 valence electrons. The van der Waals surface area contributed by atoms with Gasteiger partial charge in [-0.1, -0.05) is 56.1 Å². The maximum atomic E-state index is 13.2. The molecular weight excluding hydrogens is 385 g/mol. The summed E-state index contributed by atoms with van der Waals surface area (Å²) in [6.07, 6.45) is 0.852. The van der Waals surface area contributed by atoms with E-state index in [1.165, 1.54) is 17.7 Å². The molecule has 0 amide bonds. The number of benzene rings is 2. The minimum atomic E-state index is -0.216. The molecule has 0 radical (unpaired) electrons. The van der Waals surface area contributed by atoms with Crippen molar-refractivity contribution in [2.45, 2.75) is 12.3 Å². The standard InChI is InChI=1S/C16H16Br2FN/c1-20-10-12(14-4-2-3-5-15(14)17)8-11-6-7-13(19)9-16(11)18/h2-7,9,12,20H,8,10H2,1H3. The molecule has 0 spiro atoms. The lowest BCUT2D eigenvalue weighted by atomic mass is 9.92. The van der Waals surface area contributed by atoms with Gasteiger partial charge in [-0.05, 0) is 42.8 Å². The first-order valence-corrected chi connectivity index (χ1v) is 8.03. The van der Waals surface area contributed by atoms with E-state index in [2.05, 4.69) is 49.3 Å². The molecular formula is C16H16Br2FN. The second-order valence-corrected chi connectivity index (χ2v) is 6.42. The molecule has 20 heavy (non-hydrogen) atoms. The summed E-state index contributed by atoms with van der Waals surface area (Å²) in [5, 5.41) is 3.23. The van der Waals surface area contributed by atoms with Crippen molar-refractivity contribution in [3.8, 4) is 0 Å². The molecule has 1 N–H and O–H groups in total. The lowest BCUT2D eigenvalue weighted by Gasteiger charge is -2.19. The van der Waals surface area contributed by atoms with Crippen molar-refractivity contribution in [2.24, 2.45) is 0 Å². The third-order valence-corrected chi connectivity index (χ3v) is 4.74. The average molecular weight is 401 g/mol. The van der Waals surface area contributed by atoms with Crippen LogP contribution in [0.2, 0.25) is 0 Å². The van der Waals surface area contributed by atoms with Crippen LogP contribution in [0.5, 0.6) is 0 Å². The summed E-state index contributed by atoms with van der Waals surface area (Å²) in [5.74, 6) is 0.115. The summed E-state index contributed by atoms with van der Waals surface area (Å²) in [5.41, 5.74) is 2.38. The molecule has 0 saturated heterocycles. The lowest BCUT2D eigenvalue weighted by molar-refractivity contribution is 0.612. The first-order chi connectivity index (χ1) is 9.61. The van der Waals surface area contributed by atoms with Gasteiger partial charge in [0, 0.05) is 21.4 Å². The molecule has 0 fully saturated rings. The number of likely N-dealkylation sites (N-methyl/N-ethyl adjacent to an activating group) is 1. The van der Waals surface area contributed by atoms with Crippen LogP contribution in [0, 0.1) is 5.82 Å². The quantitative estimate of drug-likeness (QED) is 0.752. The van der Waals surface area contributed by atoms with Gasteiger partial charge in [0.05, 0.1) is 0 Å². The zero-order valence-corrected chi connectivity index (χ0v) is 14.3. The van der Waals surface area contributed by atoms with Crippen LogP contribution in [-0.2, 0) is 6.42 Å². The van der Waals surface area contributed by atoms with Crippen LogP contribution >= 0.6 is 31.9 Å². The first-order valence-electron chi connectivity index (χ1n) is 6.44.